The van der Waals surface area contributed by atoms with Crippen LogP contribution in [0.3, 0.4) is 0 Å². The van der Waals surface area contributed by atoms with Gasteiger partial charge in [0, 0.05) is 28.0 Å². The van der Waals surface area contributed by atoms with Crippen LogP contribution in [0.2, 0.25) is 0 Å². The molecule has 1 aliphatic carbocycles. The van der Waals surface area contributed by atoms with Crippen LogP contribution in [0, 0.1) is 0 Å². The molecule has 1 heterocycles. The molecule has 8 aromatic rings. The van der Waals surface area contributed by atoms with Gasteiger partial charge in [-0.15, -0.1) is 0 Å². The van der Waals surface area contributed by atoms with E-state index >= 15 is 0 Å². The molecule has 0 aliphatic heterocycles. The van der Waals surface area contributed by atoms with E-state index in [9.17, 15) is 0 Å². The molecule has 7 aromatic carbocycles. The Labute approximate surface area is 292 Å². The second-order valence-electron chi connectivity index (χ2n) is 12.7. The van der Waals surface area contributed by atoms with Crippen molar-refractivity contribution in [3.05, 3.63) is 188 Å². The van der Waals surface area contributed by atoms with E-state index in [2.05, 4.69) is 181 Å². The molecule has 0 fully saturated rings. The Bertz CT molecular complexity index is 2510. The number of fused-ring (bicyclic) bond motifs is 3. The number of hydrogen-bond acceptors (Lipinski definition) is 3. The molecule has 3 heteroatoms. The number of rotatable bonds is 7. The van der Waals surface area contributed by atoms with Crippen molar-refractivity contribution in [3.63, 3.8) is 0 Å². The predicted molar refractivity (Wildman–Crippen MR) is 209 cm³/mol. The highest BCUT2D eigenvalue weighted by Crippen LogP contribution is 2.40. The average molecular weight is 643 g/mol. The Morgan fingerprint density at radius 3 is 1.82 bits per heavy atom. The molecular weight excluding hydrogens is 609 g/mol. The molecule has 9 rings (SSSR count). The summed E-state index contributed by atoms with van der Waals surface area (Å²) in [6.45, 7) is 0. The van der Waals surface area contributed by atoms with Crippen LogP contribution in [0.15, 0.2) is 186 Å². The SMILES string of the molecule is C1=CCCC(c2cccc(N(c3ccc(-c4ccccc4)cc3)c3ccc4c(ccc5nc(-c6ccc(-c7ccccc7)cc6)oc54)c3)c2)=C1. The summed E-state index contributed by atoms with van der Waals surface area (Å²) in [6, 6.07) is 58.0. The molecule has 0 N–H and O–H groups in total. The monoisotopic (exact) mass is 642 g/mol. The van der Waals surface area contributed by atoms with Gasteiger partial charge in [-0.05, 0) is 112 Å². The van der Waals surface area contributed by atoms with Crippen LogP contribution < -0.4 is 4.90 Å². The summed E-state index contributed by atoms with van der Waals surface area (Å²) in [5.74, 6) is 0.625. The van der Waals surface area contributed by atoms with E-state index in [1.807, 2.05) is 6.07 Å². The van der Waals surface area contributed by atoms with Crippen molar-refractivity contribution >= 4 is 44.5 Å². The second-order valence-corrected chi connectivity index (χ2v) is 12.7. The topological polar surface area (TPSA) is 29.3 Å². The summed E-state index contributed by atoms with van der Waals surface area (Å²) in [5, 5.41) is 2.14. The minimum absolute atomic E-state index is 0.625. The van der Waals surface area contributed by atoms with Gasteiger partial charge in [0.05, 0.1) is 0 Å². The third kappa shape index (κ3) is 5.69. The largest absolute Gasteiger partial charge is 0.435 e. The first kappa shape index (κ1) is 29.7. The van der Waals surface area contributed by atoms with Crippen molar-refractivity contribution in [3.8, 4) is 33.7 Å². The highest BCUT2D eigenvalue weighted by molar-refractivity contribution is 6.05. The third-order valence-electron chi connectivity index (χ3n) is 9.57. The molecule has 1 aromatic heterocycles. The lowest BCUT2D eigenvalue weighted by Gasteiger charge is -2.27. The van der Waals surface area contributed by atoms with Crippen LogP contribution in [0.4, 0.5) is 17.1 Å². The molecule has 238 valence electrons. The standard InChI is InChI=1S/C47H34N2O/c1-4-11-33(12-5-1)36-19-21-38(22-20-36)47-48-45-30-25-40-32-43(28-29-44(40)46(45)50-47)49(41-26-23-37(24-27-41)34-13-6-2-7-14-34)42-18-10-17-39(31-42)35-15-8-3-9-16-35/h1-8,10-15,17-32H,9,16H2. The summed E-state index contributed by atoms with van der Waals surface area (Å²) in [6.07, 6.45) is 8.77. The number of nitrogens with zero attached hydrogens (tertiary/aromatic N) is 2. The average Bonchev–Trinajstić information content (AvgIpc) is 3.65. The normalized spacial score (nSPS) is 12.7. The molecule has 0 spiro atoms. The van der Waals surface area contributed by atoms with Gasteiger partial charge in [0.15, 0.2) is 5.58 Å². The van der Waals surface area contributed by atoms with Gasteiger partial charge in [0.2, 0.25) is 5.89 Å². The number of aromatic nitrogens is 1. The van der Waals surface area contributed by atoms with E-state index in [4.69, 9.17) is 9.40 Å². The first-order valence-electron chi connectivity index (χ1n) is 17.2. The van der Waals surface area contributed by atoms with E-state index in [1.165, 1.54) is 33.4 Å². The molecular formula is C47H34N2O. The minimum Gasteiger partial charge on any atom is -0.435 e. The summed E-state index contributed by atoms with van der Waals surface area (Å²) in [7, 11) is 0. The Balaban J connectivity index is 1.11. The lowest BCUT2D eigenvalue weighted by atomic mass is 9.96. The van der Waals surface area contributed by atoms with Crippen molar-refractivity contribution < 1.29 is 4.42 Å². The number of anilines is 3. The van der Waals surface area contributed by atoms with Gasteiger partial charge in [-0.3, -0.25) is 0 Å². The molecule has 0 amide bonds. The van der Waals surface area contributed by atoms with Crippen LogP contribution in [0.25, 0.3) is 61.2 Å². The predicted octanol–water partition coefficient (Wildman–Crippen LogP) is 13.2. The van der Waals surface area contributed by atoms with Gasteiger partial charge >= 0.3 is 0 Å². The number of hydrogen-bond donors (Lipinski definition) is 0. The molecule has 0 saturated carbocycles. The minimum atomic E-state index is 0.625. The van der Waals surface area contributed by atoms with Gasteiger partial charge in [-0.25, -0.2) is 4.98 Å². The summed E-state index contributed by atoms with van der Waals surface area (Å²) < 4.78 is 6.48. The molecule has 0 bridgehead atoms. The second kappa shape index (κ2) is 12.9. The maximum atomic E-state index is 6.48. The summed E-state index contributed by atoms with van der Waals surface area (Å²) >= 11 is 0. The molecule has 0 atom stereocenters. The third-order valence-corrected chi connectivity index (χ3v) is 9.57. The fraction of sp³-hybridized carbons (Fsp3) is 0.0426. The van der Waals surface area contributed by atoms with Crippen LogP contribution in [0.1, 0.15) is 18.4 Å². The smallest absolute Gasteiger partial charge is 0.227 e. The van der Waals surface area contributed by atoms with Gasteiger partial charge in [0.1, 0.15) is 5.52 Å². The van der Waals surface area contributed by atoms with Crippen molar-refractivity contribution in [2.24, 2.45) is 0 Å². The van der Waals surface area contributed by atoms with Crippen molar-refractivity contribution in [1.29, 1.82) is 0 Å². The Morgan fingerprint density at radius 2 is 1.12 bits per heavy atom. The first-order valence-corrected chi connectivity index (χ1v) is 17.2. The lowest BCUT2D eigenvalue weighted by Crippen LogP contribution is -2.10. The zero-order chi connectivity index (χ0) is 33.3. The molecule has 1 aliphatic rings. The molecule has 0 saturated heterocycles. The fourth-order valence-corrected chi connectivity index (χ4v) is 6.97. The molecule has 50 heavy (non-hydrogen) atoms. The zero-order valence-corrected chi connectivity index (χ0v) is 27.5. The van der Waals surface area contributed by atoms with Crippen molar-refractivity contribution in [2.75, 3.05) is 4.90 Å². The van der Waals surface area contributed by atoms with E-state index in [1.54, 1.807) is 0 Å². The summed E-state index contributed by atoms with van der Waals surface area (Å²) in [5.41, 5.74) is 13.3. The Morgan fingerprint density at radius 1 is 0.500 bits per heavy atom. The number of oxazole rings is 1. The maximum Gasteiger partial charge on any atom is 0.227 e. The van der Waals surface area contributed by atoms with Crippen molar-refractivity contribution in [1.82, 2.24) is 4.98 Å². The van der Waals surface area contributed by atoms with Crippen molar-refractivity contribution in [2.45, 2.75) is 12.8 Å². The fourth-order valence-electron chi connectivity index (χ4n) is 6.97. The van der Waals surface area contributed by atoms with Crippen LogP contribution in [0.5, 0.6) is 0 Å². The van der Waals surface area contributed by atoms with Gasteiger partial charge in [-0.1, -0.05) is 121 Å². The lowest BCUT2D eigenvalue weighted by molar-refractivity contribution is 0.623. The Kier molecular flexibility index (Phi) is 7.64. The first-order chi connectivity index (χ1) is 24.8. The van der Waals surface area contributed by atoms with E-state index < -0.39 is 0 Å². The van der Waals surface area contributed by atoms with Gasteiger partial charge in [0.25, 0.3) is 0 Å². The van der Waals surface area contributed by atoms with Crippen LogP contribution in [-0.2, 0) is 0 Å². The van der Waals surface area contributed by atoms with E-state index in [0.29, 0.717) is 5.89 Å². The van der Waals surface area contributed by atoms with E-state index in [0.717, 1.165) is 57.3 Å². The molecule has 3 nitrogen and oxygen atoms in total. The maximum absolute atomic E-state index is 6.48. The number of allylic oxidation sites excluding steroid dienone is 4. The quantitative estimate of drug-likeness (QED) is 0.173. The zero-order valence-electron chi connectivity index (χ0n) is 27.5. The van der Waals surface area contributed by atoms with Crippen LogP contribution >= 0.6 is 0 Å². The molecule has 0 unspecified atom stereocenters. The highest BCUT2D eigenvalue weighted by Gasteiger charge is 2.17. The van der Waals surface area contributed by atoms with Gasteiger partial charge < -0.3 is 9.32 Å². The number of benzene rings is 7. The highest BCUT2D eigenvalue weighted by atomic mass is 16.3. The molecule has 0 radical (unpaired) electrons. The van der Waals surface area contributed by atoms with E-state index in [-0.39, 0.29) is 0 Å². The summed E-state index contributed by atoms with van der Waals surface area (Å²) in [4.78, 5) is 7.24. The van der Waals surface area contributed by atoms with Crippen LogP contribution in [-0.4, -0.2) is 4.98 Å². The van der Waals surface area contributed by atoms with Gasteiger partial charge in [-0.2, -0.15) is 0 Å². The Hall–Kier alpha value is -6.45.